The van der Waals surface area contributed by atoms with Crippen LogP contribution in [-0.4, -0.2) is 35.6 Å². The molecule has 0 spiro atoms. The van der Waals surface area contributed by atoms with Crippen LogP contribution in [0.15, 0.2) is 24.3 Å². The van der Waals surface area contributed by atoms with Crippen molar-refractivity contribution >= 4 is 5.91 Å². The molecular formula is C16H21FN2O2. The summed E-state index contributed by atoms with van der Waals surface area (Å²) >= 11 is 0. The molecule has 4 atom stereocenters. The number of ether oxygens (including phenoxy) is 1. The Morgan fingerprint density at radius 2 is 2.19 bits per heavy atom. The van der Waals surface area contributed by atoms with Crippen molar-refractivity contribution in [3.8, 4) is 0 Å². The first kappa shape index (κ1) is 14.5. The molecule has 0 bridgehead atoms. The number of hydrogen-bond acceptors (Lipinski definition) is 3. The van der Waals surface area contributed by atoms with Gasteiger partial charge in [-0.15, -0.1) is 0 Å². The molecule has 0 aromatic heterocycles. The van der Waals surface area contributed by atoms with E-state index in [1.165, 1.54) is 6.07 Å². The Hall–Kier alpha value is -1.46. The van der Waals surface area contributed by atoms with Gasteiger partial charge in [-0.25, -0.2) is 4.39 Å². The van der Waals surface area contributed by atoms with E-state index in [4.69, 9.17) is 4.74 Å². The maximum atomic E-state index is 14.1. The lowest BCUT2D eigenvalue weighted by Crippen LogP contribution is -2.43. The number of amides is 1. The van der Waals surface area contributed by atoms with E-state index >= 15 is 0 Å². The molecule has 2 saturated heterocycles. The molecule has 1 amide bonds. The molecule has 1 N–H and O–H groups in total. The molecule has 3 rings (SSSR count). The Morgan fingerprint density at radius 3 is 2.81 bits per heavy atom. The molecule has 2 aliphatic rings. The molecule has 2 fully saturated rings. The normalized spacial score (nSPS) is 32.9. The summed E-state index contributed by atoms with van der Waals surface area (Å²) in [4.78, 5) is 14.4. The lowest BCUT2D eigenvalue weighted by Gasteiger charge is -2.32. The fourth-order valence-electron chi connectivity index (χ4n) is 3.32. The first-order valence-corrected chi connectivity index (χ1v) is 7.57. The first-order valence-electron chi connectivity index (χ1n) is 7.57. The van der Waals surface area contributed by atoms with Gasteiger partial charge in [0.25, 0.3) is 0 Å². The molecule has 4 unspecified atom stereocenters. The van der Waals surface area contributed by atoms with E-state index in [2.05, 4.69) is 5.32 Å². The van der Waals surface area contributed by atoms with Crippen molar-refractivity contribution in [3.63, 3.8) is 0 Å². The standard InChI is InChI=1S/C16H21FN2O2/c1-3-13-16(20)19(14-8-9-21-10(14)2)15(18-13)11-6-4-5-7-12(11)17/h4-7,10,13-15,18H,3,8-9H2,1-2H3. The van der Waals surface area contributed by atoms with Crippen molar-refractivity contribution in [2.24, 2.45) is 0 Å². The first-order chi connectivity index (χ1) is 10.1. The third-order valence-corrected chi connectivity index (χ3v) is 4.49. The molecule has 2 heterocycles. The summed E-state index contributed by atoms with van der Waals surface area (Å²) in [5, 5.41) is 3.28. The Labute approximate surface area is 124 Å². The highest BCUT2D eigenvalue weighted by atomic mass is 19.1. The minimum Gasteiger partial charge on any atom is -0.376 e. The van der Waals surface area contributed by atoms with Crippen LogP contribution in [-0.2, 0) is 9.53 Å². The van der Waals surface area contributed by atoms with Gasteiger partial charge in [0.1, 0.15) is 12.0 Å². The van der Waals surface area contributed by atoms with E-state index in [9.17, 15) is 9.18 Å². The van der Waals surface area contributed by atoms with E-state index in [-0.39, 0.29) is 29.9 Å². The summed E-state index contributed by atoms with van der Waals surface area (Å²) in [6, 6.07) is 6.41. The lowest BCUT2D eigenvalue weighted by atomic mass is 10.1. The third kappa shape index (κ3) is 2.45. The second-order valence-electron chi connectivity index (χ2n) is 5.73. The van der Waals surface area contributed by atoms with E-state index < -0.39 is 6.17 Å². The zero-order chi connectivity index (χ0) is 15.0. The van der Waals surface area contributed by atoms with Crippen molar-refractivity contribution in [2.45, 2.75) is 51.0 Å². The van der Waals surface area contributed by atoms with E-state index in [1.807, 2.05) is 13.8 Å². The van der Waals surface area contributed by atoms with Crippen LogP contribution in [0.3, 0.4) is 0 Å². The predicted octanol–water partition coefficient (Wildman–Crippen LogP) is 2.21. The largest absolute Gasteiger partial charge is 0.376 e. The van der Waals surface area contributed by atoms with Crippen molar-refractivity contribution in [1.29, 1.82) is 0 Å². The summed E-state index contributed by atoms with van der Waals surface area (Å²) in [7, 11) is 0. The number of nitrogens with one attached hydrogen (secondary N) is 1. The Balaban J connectivity index is 1.96. The van der Waals surface area contributed by atoms with Crippen LogP contribution in [0.25, 0.3) is 0 Å². The number of halogens is 1. The average molecular weight is 292 g/mol. The number of rotatable bonds is 3. The van der Waals surface area contributed by atoms with Crippen molar-refractivity contribution in [3.05, 3.63) is 35.6 Å². The van der Waals surface area contributed by atoms with Gasteiger partial charge in [0.2, 0.25) is 5.91 Å². The van der Waals surface area contributed by atoms with Crippen LogP contribution >= 0.6 is 0 Å². The van der Waals surface area contributed by atoms with Gasteiger partial charge in [0, 0.05) is 12.2 Å². The summed E-state index contributed by atoms with van der Waals surface area (Å²) in [5.74, 6) is -0.232. The summed E-state index contributed by atoms with van der Waals surface area (Å²) in [5.41, 5.74) is 0.529. The summed E-state index contributed by atoms with van der Waals surface area (Å²) in [6.07, 6.45) is 1.08. The van der Waals surface area contributed by atoms with Crippen molar-refractivity contribution in [2.75, 3.05) is 6.61 Å². The zero-order valence-corrected chi connectivity index (χ0v) is 12.4. The number of nitrogens with zero attached hydrogens (tertiary/aromatic N) is 1. The SMILES string of the molecule is CCC1NC(c2ccccc2F)N(C2CCOC2C)C1=O. The summed E-state index contributed by atoms with van der Waals surface area (Å²) in [6.45, 7) is 4.59. The number of carbonyl (C=O) groups excluding carboxylic acids is 1. The molecule has 2 aliphatic heterocycles. The van der Waals surface area contributed by atoms with Gasteiger partial charge < -0.3 is 9.64 Å². The Kier molecular flexibility index (Phi) is 3.95. The monoisotopic (exact) mass is 292 g/mol. The second-order valence-corrected chi connectivity index (χ2v) is 5.73. The highest BCUT2D eigenvalue weighted by molar-refractivity contribution is 5.85. The molecule has 114 valence electrons. The van der Waals surface area contributed by atoms with Gasteiger partial charge in [0.15, 0.2) is 0 Å². The Bertz CT molecular complexity index is 537. The van der Waals surface area contributed by atoms with Gasteiger partial charge in [-0.1, -0.05) is 25.1 Å². The highest BCUT2D eigenvalue weighted by Crippen LogP contribution is 2.34. The van der Waals surface area contributed by atoms with Gasteiger partial charge in [-0.2, -0.15) is 0 Å². The van der Waals surface area contributed by atoms with Crippen LogP contribution in [0.1, 0.15) is 38.4 Å². The fraction of sp³-hybridized carbons (Fsp3) is 0.562. The van der Waals surface area contributed by atoms with Gasteiger partial charge in [-0.3, -0.25) is 10.1 Å². The van der Waals surface area contributed by atoms with E-state index in [1.54, 1.807) is 23.1 Å². The third-order valence-electron chi connectivity index (χ3n) is 4.49. The second kappa shape index (κ2) is 5.73. The number of benzene rings is 1. The predicted molar refractivity (Wildman–Crippen MR) is 77.0 cm³/mol. The lowest BCUT2D eigenvalue weighted by molar-refractivity contribution is -0.133. The van der Waals surface area contributed by atoms with E-state index in [0.717, 1.165) is 6.42 Å². The number of carbonyl (C=O) groups is 1. The van der Waals surface area contributed by atoms with Crippen LogP contribution in [0.4, 0.5) is 4.39 Å². The molecule has 0 aliphatic carbocycles. The molecule has 0 saturated carbocycles. The van der Waals surface area contributed by atoms with Crippen LogP contribution < -0.4 is 5.32 Å². The smallest absolute Gasteiger partial charge is 0.241 e. The quantitative estimate of drug-likeness (QED) is 0.928. The molecule has 4 nitrogen and oxygen atoms in total. The van der Waals surface area contributed by atoms with Gasteiger partial charge >= 0.3 is 0 Å². The van der Waals surface area contributed by atoms with E-state index in [0.29, 0.717) is 18.6 Å². The summed E-state index contributed by atoms with van der Waals surface area (Å²) < 4.78 is 19.7. The minimum absolute atomic E-state index is 0.00570. The van der Waals surface area contributed by atoms with Gasteiger partial charge in [0.05, 0.1) is 18.2 Å². The molecular weight excluding hydrogens is 271 g/mol. The molecule has 0 radical (unpaired) electrons. The van der Waals surface area contributed by atoms with Gasteiger partial charge in [-0.05, 0) is 25.8 Å². The zero-order valence-electron chi connectivity index (χ0n) is 12.4. The minimum atomic E-state index is -0.405. The Morgan fingerprint density at radius 1 is 1.43 bits per heavy atom. The van der Waals surface area contributed by atoms with Crippen molar-refractivity contribution in [1.82, 2.24) is 10.2 Å². The maximum Gasteiger partial charge on any atom is 0.241 e. The van der Waals surface area contributed by atoms with Crippen molar-refractivity contribution < 1.29 is 13.9 Å². The average Bonchev–Trinajstić information content (AvgIpc) is 3.02. The molecule has 5 heteroatoms. The highest BCUT2D eigenvalue weighted by Gasteiger charge is 2.46. The fourth-order valence-corrected chi connectivity index (χ4v) is 3.32. The number of hydrogen-bond donors (Lipinski definition) is 1. The van der Waals surface area contributed by atoms with Crippen LogP contribution in [0, 0.1) is 5.82 Å². The topological polar surface area (TPSA) is 41.6 Å². The van der Waals surface area contributed by atoms with Crippen LogP contribution in [0.2, 0.25) is 0 Å². The molecule has 1 aromatic carbocycles. The van der Waals surface area contributed by atoms with Crippen LogP contribution in [0.5, 0.6) is 0 Å². The molecule has 1 aromatic rings. The molecule has 21 heavy (non-hydrogen) atoms. The maximum absolute atomic E-state index is 14.1.